The number of thiazole rings is 1. The molecule has 1 aromatic carbocycles. The number of carboxylic acid groups (broad SMARTS) is 1. The molecule has 0 saturated heterocycles. The Morgan fingerprint density at radius 3 is 2.78 bits per heavy atom. The molecule has 4 heterocycles. The number of hydrogen-bond donors (Lipinski definition) is 3. The van der Waals surface area contributed by atoms with Crippen LogP contribution in [0.25, 0.3) is 27.3 Å². The monoisotopic (exact) mass is 444 g/mol. The molecular weight excluding hydrogens is 428 g/mol. The number of aromatic nitrogens is 4. The Balaban J connectivity index is 1.49. The molecule has 0 spiro atoms. The van der Waals surface area contributed by atoms with Crippen LogP contribution in [0.4, 0.5) is 5.13 Å². The van der Waals surface area contributed by atoms with E-state index < -0.39 is 5.97 Å². The lowest BCUT2D eigenvalue weighted by Gasteiger charge is -2.07. The summed E-state index contributed by atoms with van der Waals surface area (Å²) in [6.45, 7) is 0.285. The number of carbonyl (C=O) groups excluding carboxylic acids is 1. The lowest BCUT2D eigenvalue weighted by atomic mass is 10.2. The minimum atomic E-state index is -1.16. The summed E-state index contributed by atoms with van der Waals surface area (Å²) < 4.78 is 2.34. The second-order valence-corrected chi connectivity index (χ2v) is 8.04. The Morgan fingerprint density at radius 1 is 1.12 bits per heavy atom. The molecule has 10 heteroatoms. The van der Waals surface area contributed by atoms with Gasteiger partial charge < -0.3 is 16.2 Å². The molecule has 32 heavy (non-hydrogen) atoms. The minimum Gasteiger partial charge on any atom is -0.476 e. The number of imidazole rings is 1. The SMILES string of the molecule is Nc1nc2ccc(CNC(=O)c3cccn4c(C(=O)O)c(-c5ccccn5)nc34)cc2s1. The number of carboxylic acids is 1. The van der Waals surface area contributed by atoms with Gasteiger partial charge in [-0.1, -0.05) is 23.5 Å². The van der Waals surface area contributed by atoms with Gasteiger partial charge in [-0.05, 0) is 42.0 Å². The van der Waals surface area contributed by atoms with Crippen molar-refractivity contribution in [3.63, 3.8) is 0 Å². The first kappa shape index (κ1) is 19.6. The Hall–Kier alpha value is -4.31. The van der Waals surface area contributed by atoms with Gasteiger partial charge in [0.2, 0.25) is 0 Å². The van der Waals surface area contributed by atoms with Crippen LogP contribution < -0.4 is 11.1 Å². The molecule has 4 N–H and O–H groups in total. The number of hydrogen-bond acceptors (Lipinski definition) is 7. The van der Waals surface area contributed by atoms with Gasteiger partial charge in [0.05, 0.1) is 21.5 Å². The molecule has 0 saturated carbocycles. The molecule has 0 unspecified atom stereocenters. The van der Waals surface area contributed by atoms with Crippen LogP contribution in [0.2, 0.25) is 0 Å². The lowest BCUT2D eigenvalue weighted by molar-refractivity contribution is 0.0689. The van der Waals surface area contributed by atoms with Gasteiger partial charge in [0, 0.05) is 18.9 Å². The van der Waals surface area contributed by atoms with Gasteiger partial charge in [-0.15, -0.1) is 0 Å². The van der Waals surface area contributed by atoms with Crippen molar-refractivity contribution in [1.29, 1.82) is 0 Å². The summed E-state index contributed by atoms with van der Waals surface area (Å²) in [4.78, 5) is 37.8. The fourth-order valence-electron chi connectivity index (χ4n) is 3.51. The Kier molecular flexibility index (Phi) is 4.75. The molecule has 0 bridgehead atoms. The minimum absolute atomic E-state index is 0.0541. The highest BCUT2D eigenvalue weighted by Gasteiger charge is 2.23. The van der Waals surface area contributed by atoms with Gasteiger partial charge >= 0.3 is 5.97 Å². The first-order valence-electron chi connectivity index (χ1n) is 9.60. The molecular formula is C22H16N6O3S. The quantitative estimate of drug-likeness (QED) is 0.379. The van der Waals surface area contributed by atoms with E-state index in [1.54, 1.807) is 42.7 Å². The Labute approximate surface area is 185 Å². The lowest BCUT2D eigenvalue weighted by Crippen LogP contribution is -2.23. The van der Waals surface area contributed by atoms with E-state index in [0.717, 1.165) is 15.8 Å². The molecule has 0 fully saturated rings. The maximum Gasteiger partial charge on any atom is 0.355 e. The van der Waals surface area contributed by atoms with Crippen LogP contribution in [0, 0.1) is 0 Å². The van der Waals surface area contributed by atoms with Gasteiger partial charge in [0.1, 0.15) is 5.69 Å². The Bertz CT molecular complexity index is 1490. The molecule has 0 aliphatic heterocycles. The smallest absolute Gasteiger partial charge is 0.355 e. The molecule has 1 amide bonds. The summed E-state index contributed by atoms with van der Waals surface area (Å²) in [6.07, 6.45) is 3.13. The summed E-state index contributed by atoms with van der Waals surface area (Å²) in [5.41, 5.74) is 8.53. The molecule has 158 valence electrons. The number of pyridine rings is 2. The zero-order valence-corrected chi connectivity index (χ0v) is 17.3. The van der Waals surface area contributed by atoms with Gasteiger partial charge in [0.15, 0.2) is 16.5 Å². The zero-order valence-electron chi connectivity index (χ0n) is 16.5. The number of aromatic carboxylic acids is 1. The average molecular weight is 444 g/mol. The van der Waals surface area contributed by atoms with E-state index in [2.05, 4.69) is 20.3 Å². The second-order valence-electron chi connectivity index (χ2n) is 6.98. The third-order valence-corrected chi connectivity index (χ3v) is 5.77. The number of carbonyl (C=O) groups is 2. The van der Waals surface area contributed by atoms with E-state index in [4.69, 9.17) is 5.73 Å². The number of nitrogens with one attached hydrogen (secondary N) is 1. The van der Waals surface area contributed by atoms with Crippen LogP contribution in [0.3, 0.4) is 0 Å². The van der Waals surface area contributed by atoms with Crippen molar-refractivity contribution in [3.8, 4) is 11.4 Å². The first-order chi connectivity index (χ1) is 15.5. The molecule has 5 rings (SSSR count). The predicted molar refractivity (Wildman–Crippen MR) is 121 cm³/mol. The summed E-state index contributed by atoms with van der Waals surface area (Å²) >= 11 is 1.38. The zero-order chi connectivity index (χ0) is 22.2. The maximum atomic E-state index is 13.0. The second kappa shape index (κ2) is 7.75. The molecule has 0 atom stereocenters. The standard InChI is InChI=1S/C22H16N6O3S/c23-22-26-14-7-6-12(10-16(14)32-22)11-25-20(29)13-4-3-9-28-18(21(30)31)17(27-19(13)28)15-5-1-2-8-24-15/h1-10H,11H2,(H2,23,26)(H,25,29)(H,30,31). The topological polar surface area (TPSA) is 136 Å². The van der Waals surface area contributed by atoms with E-state index in [1.165, 1.54) is 15.7 Å². The fraction of sp³-hybridized carbons (Fsp3) is 0.0455. The number of anilines is 1. The van der Waals surface area contributed by atoms with Gasteiger partial charge in [-0.3, -0.25) is 14.2 Å². The Morgan fingerprint density at radius 2 is 2.00 bits per heavy atom. The number of fused-ring (bicyclic) bond motifs is 2. The maximum absolute atomic E-state index is 13.0. The van der Waals surface area contributed by atoms with Crippen molar-refractivity contribution in [1.82, 2.24) is 24.7 Å². The van der Waals surface area contributed by atoms with Crippen LogP contribution in [0.1, 0.15) is 26.4 Å². The molecule has 0 aliphatic carbocycles. The summed E-state index contributed by atoms with van der Waals surface area (Å²) in [5.74, 6) is -1.53. The van der Waals surface area contributed by atoms with E-state index in [9.17, 15) is 14.7 Å². The summed E-state index contributed by atoms with van der Waals surface area (Å²) in [5, 5.41) is 13.1. The summed E-state index contributed by atoms with van der Waals surface area (Å²) in [7, 11) is 0. The van der Waals surface area contributed by atoms with Crippen molar-refractivity contribution in [2.45, 2.75) is 6.54 Å². The van der Waals surface area contributed by atoms with Crippen molar-refractivity contribution in [3.05, 3.63) is 77.7 Å². The number of nitrogens with zero attached hydrogens (tertiary/aromatic N) is 4. The van der Waals surface area contributed by atoms with Crippen molar-refractivity contribution in [2.75, 3.05) is 5.73 Å². The number of benzene rings is 1. The normalized spacial score (nSPS) is 11.1. The van der Waals surface area contributed by atoms with Gasteiger partial charge in [-0.2, -0.15) is 0 Å². The molecule has 0 aliphatic rings. The van der Waals surface area contributed by atoms with Gasteiger partial charge in [0.25, 0.3) is 5.91 Å². The molecule has 4 aromatic heterocycles. The van der Waals surface area contributed by atoms with E-state index >= 15 is 0 Å². The third-order valence-electron chi connectivity index (χ3n) is 4.93. The number of rotatable bonds is 5. The molecule has 5 aromatic rings. The van der Waals surface area contributed by atoms with E-state index in [-0.39, 0.29) is 35.1 Å². The number of nitrogens with two attached hydrogens (primary N) is 1. The van der Waals surface area contributed by atoms with Crippen molar-refractivity contribution >= 4 is 44.2 Å². The molecule has 9 nitrogen and oxygen atoms in total. The highest BCUT2D eigenvalue weighted by Crippen LogP contribution is 2.26. The fourth-order valence-corrected chi connectivity index (χ4v) is 4.30. The van der Waals surface area contributed by atoms with Crippen LogP contribution in [0.5, 0.6) is 0 Å². The van der Waals surface area contributed by atoms with Crippen LogP contribution in [-0.4, -0.2) is 36.3 Å². The van der Waals surface area contributed by atoms with Crippen molar-refractivity contribution < 1.29 is 14.7 Å². The average Bonchev–Trinajstić information content (AvgIpc) is 3.37. The van der Waals surface area contributed by atoms with Crippen LogP contribution >= 0.6 is 11.3 Å². The van der Waals surface area contributed by atoms with Gasteiger partial charge in [-0.25, -0.2) is 14.8 Å². The largest absolute Gasteiger partial charge is 0.476 e. The number of amides is 1. The summed E-state index contributed by atoms with van der Waals surface area (Å²) in [6, 6.07) is 14.0. The van der Waals surface area contributed by atoms with E-state index in [1.807, 2.05) is 18.2 Å². The van der Waals surface area contributed by atoms with Crippen molar-refractivity contribution in [2.24, 2.45) is 0 Å². The highest BCUT2D eigenvalue weighted by atomic mass is 32.1. The van der Waals surface area contributed by atoms with E-state index in [0.29, 0.717) is 10.8 Å². The first-order valence-corrected chi connectivity index (χ1v) is 10.4. The van der Waals surface area contributed by atoms with Crippen LogP contribution in [0.15, 0.2) is 60.9 Å². The predicted octanol–water partition coefficient (Wildman–Crippen LogP) is 3.22. The van der Waals surface area contributed by atoms with Crippen LogP contribution in [-0.2, 0) is 6.54 Å². The third kappa shape index (κ3) is 3.42. The highest BCUT2D eigenvalue weighted by molar-refractivity contribution is 7.22. The number of nitrogen functional groups attached to an aromatic ring is 1. The molecule has 0 radical (unpaired) electrons.